The Bertz CT molecular complexity index is 861. The van der Waals surface area contributed by atoms with Crippen LogP contribution in [0, 0.1) is 0 Å². The summed E-state index contributed by atoms with van der Waals surface area (Å²) in [5.41, 5.74) is 1.38. The van der Waals surface area contributed by atoms with Gasteiger partial charge >= 0.3 is 6.09 Å². The van der Waals surface area contributed by atoms with E-state index < -0.39 is 17.7 Å². The second-order valence-electron chi connectivity index (χ2n) is 8.43. The van der Waals surface area contributed by atoms with Crippen molar-refractivity contribution in [1.82, 2.24) is 10.2 Å². The topological polar surface area (TPSA) is 67.9 Å². The van der Waals surface area contributed by atoms with Crippen LogP contribution in [0.5, 0.6) is 5.75 Å². The molecule has 6 nitrogen and oxygen atoms in total. The summed E-state index contributed by atoms with van der Waals surface area (Å²) in [5, 5.41) is 2.96. The van der Waals surface area contributed by atoms with E-state index in [-0.39, 0.29) is 5.91 Å². The van der Waals surface area contributed by atoms with E-state index in [1.165, 1.54) is 4.90 Å². The first-order valence-electron chi connectivity index (χ1n) is 10.4. The van der Waals surface area contributed by atoms with Gasteiger partial charge in [0.2, 0.25) is 5.91 Å². The SMILES string of the molecule is CC(C)(C)OC(=O)N1CCCC1C(=O)NCc1ccccc1OCc1ccccc1. The molecule has 1 unspecified atom stereocenters. The molecule has 1 aliphatic heterocycles. The van der Waals surface area contributed by atoms with Crippen molar-refractivity contribution in [3.05, 3.63) is 65.7 Å². The van der Waals surface area contributed by atoms with Crippen LogP contribution in [-0.4, -0.2) is 35.1 Å². The number of amides is 2. The zero-order valence-corrected chi connectivity index (χ0v) is 17.9. The van der Waals surface area contributed by atoms with Gasteiger partial charge in [0.25, 0.3) is 0 Å². The third kappa shape index (κ3) is 5.99. The highest BCUT2D eigenvalue weighted by Crippen LogP contribution is 2.22. The van der Waals surface area contributed by atoms with E-state index in [0.717, 1.165) is 23.3 Å². The summed E-state index contributed by atoms with van der Waals surface area (Å²) < 4.78 is 11.4. The molecule has 1 aliphatic rings. The lowest BCUT2D eigenvalue weighted by molar-refractivity contribution is -0.125. The first kappa shape index (κ1) is 21.7. The Morgan fingerprint density at radius 1 is 1.07 bits per heavy atom. The molecule has 1 atom stereocenters. The second kappa shape index (κ2) is 9.65. The smallest absolute Gasteiger partial charge is 0.410 e. The molecule has 3 rings (SSSR count). The molecule has 160 valence electrons. The molecule has 0 aliphatic carbocycles. The van der Waals surface area contributed by atoms with Gasteiger partial charge in [-0.25, -0.2) is 4.79 Å². The number of hydrogen-bond donors (Lipinski definition) is 1. The molecule has 1 heterocycles. The minimum atomic E-state index is -0.588. The van der Waals surface area contributed by atoms with Gasteiger partial charge in [0, 0.05) is 18.7 Å². The van der Waals surface area contributed by atoms with Crippen LogP contribution < -0.4 is 10.1 Å². The highest BCUT2D eigenvalue weighted by molar-refractivity contribution is 5.86. The minimum absolute atomic E-state index is 0.170. The average molecular weight is 411 g/mol. The van der Waals surface area contributed by atoms with Crippen LogP contribution in [0.3, 0.4) is 0 Å². The molecule has 30 heavy (non-hydrogen) atoms. The molecular weight excluding hydrogens is 380 g/mol. The summed E-state index contributed by atoms with van der Waals surface area (Å²) in [4.78, 5) is 26.7. The van der Waals surface area contributed by atoms with Crippen LogP contribution in [0.2, 0.25) is 0 Å². The number of carbonyl (C=O) groups excluding carboxylic acids is 2. The molecule has 0 radical (unpaired) electrons. The maximum atomic E-state index is 12.8. The van der Waals surface area contributed by atoms with E-state index >= 15 is 0 Å². The molecular formula is C24H30N2O4. The van der Waals surface area contributed by atoms with Crippen molar-refractivity contribution < 1.29 is 19.1 Å². The number of nitrogens with zero attached hydrogens (tertiary/aromatic N) is 1. The Labute approximate surface area is 178 Å². The van der Waals surface area contributed by atoms with Gasteiger partial charge in [0.1, 0.15) is 24.0 Å². The van der Waals surface area contributed by atoms with Crippen molar-refractivity contribution in [3.8, 4) is 5.75 Å². The Balaban J connectivity index is 1.58. The van der Waals surface area contributed by atoms with Gasteiger partial charge in [-0.3, -0.25) is 9.69 Å². The number of likely N-dealkylation sites (tertiary alicyclic amines) is 1. The second-order valence-corrected chi connectivity index (χ2v) is 8.43. The van der Waals surface area contributed by atoms with Gasteiger partial charge in [-0.1, -0.05) is 48.5 Å². The summed E-state index contributed by atoms with van der Waals surface area (Å²) in [6.07, 6.45) is 0.984. The van der Waals surface area contributed by atoms with Crippen LogP contribution >= 0.6 is 0 Å². The lowest BCUT2D eigenvalue weighted by atomic mass is 10.1. The van der Waals surface area contributed by atoms with Crippen LogP contribution in [-0.2, 0) is 22.7 Å². The van der Waals surface area contributed by atoms with E-state index in [9.17, 15) is 9.59 Å². The molecule has 6 heteroatoms. The van der Waals surface area contributed by atoms with E-state index in [1.54, 1.807) is 0 Å². The Morgan fingerprint density at radius 2 is 1.77 bits per heavy atom. The normalized spacial score (nSPS) is 16.2. The van der Waals surface area contributed by atoms with Crippen molar-refractivity contribution in [2.75, 3.05) is 6.54 Å². The summed E-state index contributed by atoms with van der Waals surface area (Å²) in [6, 6.07) is 17.1. The first-order chi connectivity index (χ1) is 14.3. The van der Waals surface area contributed by atoms with Crippen LogP contribution in [0.1, 0.15) is 44.7 Å². The van der Waals surface area contributed by atoms with E-state index in [1.807, 2.05) is 75.4 Å². The van der Waals surface area contributed by atoms with Crippen LogP contribution in [0.4, 0.5) is 4.79 Å². The maximum absolute atomic E-state index is 12.8. The van der Waals surface area contributed by atoms with Crippen molar-refractivity contribution in [2.45, 2.75) is 58.4 Å². The van der Waals surface area contributed by atoms with E-state index in [2.05, 4.69) is 5.32 Å². The fourth-order valence-electron chi connectivity index (χ4n) is 3.40. The van der Waals surface area contributed by atoms with Crippen molar-refractivity contribution in [3.63, 3.8) is 0 Å². The summed E-state index contributed by atoms with van der Waals surface area (Å²) in [7, 11) is 0. The third-order valence-electron chi connectivity index (χ3n) is 4.85. The fourth-order valence-corrected chi connectivity index (χ4v) is 3.40. The number of hydrogen-bond acceptors (Lipinski definition) is 4. The van der Waals surface area contributed by atoms with E-state index in [4.69, 9.17) is 9.47 Å². The summed E-state index contributed by atoms with van der Waals surface area (Å²) in [5.74, 6) is 0.563. The summed E-state index contributed by atoms with van der Waals surface area (Å²) in [6.45, 7) is 6.79. The predicted octanol–water partition coefficient (Wildman–Crippen LogP) is 4.28. The molecule has 0 spiro atoms. The molecule has 1 fully saturated rings. The van der Waals surface area contributed by atoms with E-state index in [0.29, 0.717) is 26.1 Å². The standard InChI is InChI=1S/C24H30N2O4/c1-24(2,3)30-23(28)26-15-9-13-20(26)22(27)25-16-19-12-7-8-14-21(19)29-17-18-10-5-4-6-11-18/h4-8,10-12,14,20H,9,13,15-17H2,1-3H3,(H,25,27). The molecule has 1 saturated heterocycles. The minimum Gasteiger partial charge on any atom is -0.489 e. The predicted molar refractivity (Wildman–Crippen MR) is 115 cm³/mol. The fraction of sp³-hybridized carbons (Fsp3) is 0.417. The monoisotopic (exact) mass is 410 g/mol. The molecule has 0 aromatic heterocycles. The average Bonchev–Trinajstić information content (AvgIpc) is 3.21. The number of para-hydroxylation sites is 1. The van der Waals surface area contributed by atoms with Crippen LogP contribution in [0.25, 0.3) is 0 Å². The Kier molecular flexibility index (Phi) is 6.98. The maximum Gasteiger partial charge on any atom is 0.410 e. The van der Waals surface area contributed by atoms with Gasteiger partial charge < -0.3 is 14.8 Å². The lowest BCUT2D eigenvalue weighted by Gasteiger charge is -2.28. The highest BCUT2D eigenvalue weighted by atomic mass is 16.6. The number of ether oxygens (including phenoxy) is 2. The first-order valence-corrected chi connectivity index (χ1v) is 10.4. The molecule has 1 N–H and O–H groups in total. The number of benzene rings is 2. The quantitative estimate of drug-likeness (QED) is 0.772. The molecule has 2 aromatic rings. The molecule has 0 saturated carbocycles. The highest BCUT2D eigenvalue weighted by Gasteiger charge is 2.36. The van der Waals surface area contributed by atoms with Gasteiger partial charge in [-0.2, -0.15) is 0 Å². The zero-order chi connectivity index (χ0) is 21.6. The third-order valence-corrected chi connectivity index (χ3v) is 4.85. The molecule has 2 amide bonds. The number of nitrogens with one attached hydrogen (secondary N) is 1. The zero-order valence-electron chi connectivity index (χ0n) is 17.9. The van der Waals surface area contributed by atoms with Gasteiger partial charge in [0.15, 0.2) is 0 Å². The molecule has 0 bridgehead atoms. The molecule has 2 aromatic carbocycles. The van der Waals surface area contributed by atoms with Crippen molar-refractivity contribution in [1.29, 1.82) is 0 Å². The van der Waals surface area contributed by atoms with Crippen LogP contribution in [0.15, 0.2) is 54.6 Å². The van der Waals surface area contributed by atoms with Crippen molar-refractivity contribution in [2.24, 2.45) is 0 Å². The summed E-state index contributed by atoms with van der Waals surface area (Å²) >= 11 is 0. The van der Waals surface area contributed by atoms with Crippen molar-refractivity contribution >= 4 is 12.0 Å². The van der Waals surface area contributed by atoms with Gasteiger partial charge in [0.05, 0.1) is 0 Å². The lowest BCUT2D eigenvalue weighted by Crippen LogP contribution is -2.47. The Hall–Kier alpha value is -3.02. The van der Waals surface area contributed by atoms with Gasteiger partial charge in [-0.05, 0) is 45.2 Å². The number of rotatable bonds is 6. The Morgan fingerprint density at radius 3 is 2.50 bits per heavy atom. The van der Waals surface area contributed by atoms with Gasteiger partial charge in [-0.15, -0.1) is 0 Å². The number of carbonyl (C=O) groups is 2. The largest absolute Gasteiger partial charge is 0.489 e.